The fourth-order valence-corrected chi connectivity index (χ4v) is 4.90. The lowest BCUT2D eigenvalue weighted by Gasteiger charge is -2.39. The van der Waals surface area contributed by atoms with Crippen LogP contribution in [-0.4, -0.2) is 34.9 Å². The highest BCUT2D eigenvalue weighted by Crippen LogP contribution is 2.39. The Morgan fingerprint density at radius 3 is 2.62 bits per heavy atom. The van der Waals surface area contributed by atoms with E-state index < -0.39 is 14.2 Å². The molecule has 0 aliphatic heterocycles. The van der Waals surface area contributed by atoms with Crippen LogP contribution in [0.1, 0.15) is 70.1 Å². The summed E-state index contributed by atoms with van der Waals surface area (Å²) >= 11 is 0. The predicted molar refractivity (Wildman–Crippen MR) is 140 cm³/mol. The molecule has 3 aromatic rings. The van der Waals surface area contributed by atoms with Crippen LogP contribution in [0.4, 0.5) is 0 Å². The summed E-state index contributed by atoms with van der Waals surface area (Å²) in [6, 6.07) is 8.43. The van der Waals surface area contributed by atoms with Crippen molar-refractivity contribution in [1.82, 2.24) is 14.1 Å². The minimum atomic E-state index is -2.04. The Labute approximate surface area is 204 Å². The lowest BCUT2D eigenvalue weighted by atomic mass is 10.2. The first-order chi connectivity index (χ1) is 16.0. The van der Waals surface area contributed by atoms with Gasteiger partial charge in [-0.3, -0.25) is 4.79 Å². The molecular formula is C26H40N4O3Si. The summed E-state index contributed by atoms with van der Waals surface area (Å²) in [5.74, 6) is 0.387. The summed E-state index contributed by atoms with van der Waals surface area (Å²) in [6.45, 7) is 14.9. The molecule has 0 saturated heterocycles. The summed E-state index contributed by atoms with van der Waals surface area (Å²) in [4.78, 5) is 15.8. The number of ether oxygens (including phenoxy) is 1. The van der Waals surface area contributed by atoms with Gasteiger partial charge in [0.1, 0.15) is 17.7 Å². The van der Waals surface area contributed by atoms with Crippen molar-refractivity contribution in [2.75, 3.05) is 6.61 Å². The molecule has 34 heavy (non-hydrogen) atoms. The molecule has 8 heteroatoms. The number of nitrogens with zero attached hydrogens (tertiary/aromatic N) is 3. The van der Waals surface area contributed by atoms with E-state index in [2.05, 4.69) is 74.7 Å². The molecule has 0 bridgehead atoms. The average molecular weight is 485 g/mol. The van der Waals surface area contributed by atoms with Crippen molar-refractivity contribution in [3.63, 3.8) is 0 Å². The standard InChI is InChI=1S/C26H40N4O3Si/c1-7-8-16-32-21-12-11-20-13-15-29(23(20)17-21)14-9-10-24(33-34(5,6)26(2,3)4)30-18-22(25(27)31)28-19-30/h11-13,15,17-19,24H,7-10,14,16H2,1-6H3,(H2,27,31)/t24-/m1/s1. The van der Waals surface area contributed by atoms with Crippen molar-refractivity contribution >= 4 is 25.1 Å². The molecule has 0 saturated carbocycles. The van der Waals surface area contributed by atoms with Crippen LogP contribution in [0.15, 0.2) is 43.0 Å². The molecule has 0 spiro atoms. The van der Waals surface area contributed by atoms with Gasteiger partial charge in [-0.15, -0.1) is 0 Å². The molecule has 0 aliphatic rings. The molecule has 1 aromatic carbocycles. The van der Waals surface area contributed by atoms with E-state index in [1.165, 1.54) is 10.9 Å². The Morgan fingerprint density at radius 2 is 1.97 bits per heavy atom. The molecule has 0 unspecified atom stereocenters. The minimum absolute atomic E-state index is 0.0726. The van der Waals surface area contributed by atoms with Gasteiger partial charge in [0.15, 0.2) is 8.32 Å². The normalized spacial score (nSPS) is 13.4. The summed E-state index contributed by atoms with van der Waals surface area (Å²) in [5, 5.41) is 1.28. The molecule has 0 radical (unpaired) electrons. The number of carbonyl (C=O) groups excluding carboxylic acids is 1. The first kappa shape index (κ1) is 26.0. The van der Waals surface area contributed by atoms with Gasteiger partial charge in [-0.2, -0.15) is 0 Å². The van der Waals surface area contributed by atoms with E-state index in [1.54, 1.807) is 12.5 Å². The second-order valence-electron chi connectivity index (χ2n) is 10.5. The van der Waals surface area contributed by atoms with Crippen molar-refractivity contribution in [2.45, 2.75) is 84.3 Å². The van der Waals surface area contributed by atoms with Crippen LogP contribution >= 0.6 is 0 Å². The van der Waals surface area contributed by atoms with Gasteiger partial charge < -0.3 is 24.0 Å². The van der Waals surface area contributed by atoms with Gasteiger partial charge in [-0.05, 0) is 61.0 Å². The lowest BCUT2D eigenvalue weighted by molar-refractivity contribution is 0.0984. The summed E-state index contributed by atoms with van der Waals surface area (Å²) in [7, 11) is -2.04. The molecule has 3 rings (SSSR count). The highest BCUT2D eigenvalue weighted by Gasteiger charge is 2.39. The van der Waals surface area contributed by atoms with Gasteiger partial charge in [0.05, 0.1) is 18.5 Å². The Morgan fingerprint density at radius 1 is 1.21 bits per heavy atom. The number of amides is 1. The monoisotopic (exact) mass is 484 g/mol. The lowest BCUT2D eigenvalue weighted by Crippen LogP contribution is -2.42. The fourth-order valence-electron chi connectivity index (χ4n) is 3.63. The molecular weight excluding hydrogens is 444 g/mol. The van der Waals surface area contributed by atoms with E-state index in [-0.39, 0.29) is 17.0 Å². The fraction of sp³-hybridized carbons (Fsp3) is 0.538. The van der Waals surface area contributed by atoms with E-state index in [9.17, 15) is 4.79 Å². The molecule has 1 atom stereocenters. The highest BCUT2D eigenvalue weighted by atomic mass is 28.4. The van der Waals surface area contributed by atoms with Crippen molar-refractivity contribution < 1.29 is 14.0 Å². The van der Waals surface area contributed by atoms with Crippen LogP contribution in [0.2, 0.25) is 18.1 Å². The predicted octanol–water partition coefficient (Wildman–Crippen LogP) is 6.12. The van der Waals surface area contributed by atoms with Gasteiger partial charge in [0, 0.05) is 25.0 Å². The van der Waals surface area contributed by atoms with E-state index in [0.29, 0.717) is 0 Å². The quantitative estimate of drug-likeness (QED) is 0.248. The van der Waals surface area contributed by atoms with E-state index >= 15 is 0 Å². The van der Waals surface area contributed by atoms with Crippen molar-refractivity contribution in [3.05, 3.63) is 48.7 Å². The van der Waals surface area contributed by atoms with Gasteiger partial charge in [-0.25, -0.2) is 4.98 Å². The maximum absolute atomic E-state index is 11.6. The molecule has 2 N–H and O–H groups in total. The third-order valence-corrected chi connectivity index (χ3v) is 11.3. The van der Waals surface area contributed by atoms with Crippen molar-refractivity contribution in [3.8, 4) is 5.75 Å². The van der Waals surface area contributed by atoms with Crippen LogP contribution in [-0.2, 0) is 11.0 Å². The van der Waals surface area contributed by atoms with Crippen LogP contribution < -0.4 is 10.5 Å². The van der Waals surface area contributed by atoms with Gasteiger partial charge >= 0.3 is 0 Å². The largest absolute Gasteiger partial charge is 0.494 e. The number of aryl methyl sites for hydroxylation is 1. The van der Waals surface area contributed by atoms with Crippen LogP contribution in [0.25, 0.3) is 10.9 Å². The molecule has 1 amide bonds. The van der Waals surface area contributed by atoms with E-state index in [0.717, 1.165) is 44.6 Å². The molecule has 186 valence electrons. The number of fused-ring (bicyclic) bond motifs is 1. The smallest absolute Gasteiger partial charge is 0.268 e. The molecule has 7 nitrogen and oxygen atoms in total. The zero-order valence-corrected chi connectivity index (χ0v) is 22.5. The SMILES string of the molecule is CCCCOc1ccc2ccn(CCC[C@@H](O[Si](C)(C)C(C)(C)C)n3cnc(C(N)=O)c3)c2c1. The molecule has 0 aliphatic carbocycles. The van der Waals surface area contributed by atoms with Crippen LogP contribution in [0.5, 0.6) is 5.75 Å². The van der Waals surface area contributed by atoms with Crippen molar-refractivity contribution in [2.24, 2.45) is 5.73 Å². The number of hydrogen-bond acceptors (Lipinski definition) is 4. The Hall–Kier alpha value is -2.58. The van der Waals surface area contributed by atoms with Crippen LogP contribution in [0, 0.1) is 0 Å². The zero-order chi connectivity index (χ0) is 24.9. The van der Waals surface area contributed by atoms with Crippen molar-refractivity contribution in [1.29, 1.82) is 0 Å². The Balaban J connectivity index is 1.74. The number of carbonyl (C=O) groups is 1. The topological polar surface area (TPSA) is 84.3 Å². The van der Waals surface area contributed by atoms with E-state index in [4.69, 9.17) is 14.9 Å². The number of nitrogens with two attached hydrogens (primary N) is 1. The number of hydrogen-bond donors (Lipinski definition) is 1. The minimum Gasteiger partial charge on any atom is -0.494 e. The first-order valence-corrected chi connectivity index (χ1v) is 15.2. The van der Waals surface area contributed by atoms with Gasteiger partial charge in [0.25, 0.3) is 5.91 Å². The highest BCUT2D eigenvalue weighted by molar-refractivity contribution is 6.74. The summed E-state index contributed by atoms with van der Waals surface area (Å²) < 4.78 is 16.8. The number of unbranched alkanes of at least 4 members (excludes halogenated alkanes) is 1. The number of aromatic nitrogens is 3. The second kappa shape index (κ2) is 10.8. The number of primary amides is 1. The summed E-state index contributed by atoms with van der Waals surface area (Å²) in [5.41, 5.74) is 6.87. The maximum atomic E-state index is 11.6. The first-order valence-electron chi connectivity index (χ1n) is 12.2. The van der Waals surface area contributed by atoms with Gasteiger partial charge in [-0.1, -0.05) is 34.1 Å². The van der Waals surface area contributed by atoms with Gasteiger partial charge in [0.2, 0.25) is 0 Å². The second-order valence-corrected chi connectivity index (χ2v) is 15.2. The molecule has 2 aromatic heterocycles. The number of rotatable bonds is 12. The number of imidazole rings is 1. The summed E-state index contributed by atoms with van der Waals surface area (Å²) in [6.07, 6.45) is 9.17. The Bertz CT molecular complexity index is 1100. The molecule has 0 fully saturated rings. The zero-order valence-electron chi connectivity index (χ0n) is 21.5. The van der Waals surface area contributed by atoms with Crippen LogP contribution in [0.3, 0.4) is 0 Å². The Kier molecular flexibility index (Phi) is 8.25. The van der Waals surface area contributed by atoms with E-state index in [1.807, 2.05) is 10.6 Å². The maximum Gasteiger partial charge on any atom is 0.268 e. The third kappa shape index (κ3) is 6.30. The third-order valence-electron chi connectivity index (χ3n) is 6.79. The molecule has 2 heterocycles. The number of benzene rings is 1. The average Bonchev–Trinajstić information content (AvgIpc) is 3.40.